The number of methoxy groups -OCH3 is 1. The van der Waals surface area contributed by atoms with E-state index in [1.54, 1.807) is 7.11 Å². The molecule has 1 amide bonds. The Morgan fingerprint density at radius 1 is 1.63 bits per heavy atom. The largest absolute Gasteiger partial charge is 0.383 e. The highest BCUT2D eigenvalue weighted by molar-refractivity contribution is 7.08. The number of hydrogen-bond acceptors (Lipinski definition) is 6. The van der Waals surface area contributed by atoms with E-state index in [0.29, 0.717) is 18.0 Å². The molecular formula is C12H20N4O2S. The van der Waals surface area contributed by atoms with Crippen molar-refractivity contribution in [3.8, 4) is 0 Å². The quantitative estimate of drug-likeness (QED) is 0.800. The van der Waals surface area contributed by atoms with Crippen molar-refractivity contribution in [2.24, 2.45) is 0 Å². The third-order valence-corrected chi connectivity index (χ3v) is 4.20. The average molecular weight is 284 g/mol. The highest BCUT2D eigenvalue weighted by Gasteiger charge is 2.34. The molecule has 1 aliphatic rings. The first-order valence-electron chi connectivity index (χ1n) is 6.54. The Hall–Kier alpha value is -1.05. The fourth-order valence-electron chi connectivity index (χ4n) is 2.41. The molecule has 0 aromatic carbocycles. The average Bonchev–Trinajstić information content (AvgIpc) is 3.05. The lowest BCUT2D eigenvalue weighted by molar-refractivity contribution is 0.0895. The number of carbonyl (C=O) groups is 1. The van der Waals surface area contributed by atoms with Gasteiger partial charge < -0.3 is 15.4 Å². The molecule has 0 radical (unpaired) electrons. The second-order valence-corrected chi connectivity index (χ2v) is 5.58. The molecule has 6 nitrogen and oxygen atoms in total. The lowest BCUT2D eigenvalue weighted by atomic mass is 9.98. The van der Waals surface area contributed by atoms with E-state index in [1.807, 2.05) is 6.92 Å². The molecule has 1 atom stereocenters. The number of amides is 1. The van der Waals surface area contributed by atoms with Gasteiger partial charge in [-0.2, -0.15) is 0 Å². The Kier molecular flexibility index (Phi) is 4.84. The molecule has 2 heterocycles. The number of rotatable bonds is 6. The summed E-state index contributed by atoms with van der Waals surface area (Å²) in [4.78, 5) is 12.8. The van der Waals surface area contributed by atoms with Crippen LogP contribution in [0.3, 0.4) is 0 Å². The van der Waals surface area contributed by atoms with E-state index >= 15 is 0 Å². The van der Waals surface area contributed by atoms with Gasteiger partial charge in [0.25, 0.3) is 5.91 Å². The number of aromatic nitrogens is 2. The molecule has 106 valence electrons. The predicted octanol–water partition coefficient (Wildman–Crippen LogP) is 0.599. The Morgan fingerprint density at radius 2 is 2.47 bits per heavy atom. The van der Waals surface area contributed by atoms with Crippen LogP contribution in [0, 0.1) is 0 Å². The van der Waals surface area contributed by atoms with E-state index < -0.39 is 0 Å². The SMILES string of the molecule is CCc1nnsc1C(=O)NCC1(COC)CCCN1. The van der Waals surface area contributed by atoms with Crippen LogP contribution >= 0.6 is 11.5 Å². The highest BCUT2D eigenvalue weighted by Crippen LogP contribution is 2.19. The molecule has 0 saturated carbocycles. The zero-order valence-corrected chi connectivity index (χ0v) is 12.2. The second kappa shape index (κ2) is 6.40. The molecule has 0 bridgehead atoms. The topological polar surface area (TPSA) is 76.1 Å². The van der Waals surface area contributed by atoms with Crippen molar-refractivity contribution in [2.75, 3.05) is 26.8 Å². The van der Waals surface area contributed by atoms with Gasteiger partial charge in [-0.25, -0.2) is 0 Å². The van der Waals surface area contributed by atoms with Gasteiger partial charge in [-0.1, -0.05) is 11.4 Å². The van der Waals surface area contributed by atoms with Crippen molar-refractivity contribution in [2.45, 2.75) is 31.7 Å². The van der Waals surface area contributed by atoms with Gasteiger partial charge in [-0.15, -0.1) is 5.10 Å². The van der Waals surface area contributed by atoms with Gasteiger partial charge in [-0.3, -0.25) is 4.79 Å². The molecule has 1 unspecified atom stereocenters. The molecule has 0 aliphatic carbocycles. The minimum absolute atomic E-state index is 0.0870. The van der Waals surface area contributed by atoms with Crippen molar-refractivity contribution in [1.82, 2.24) is 20.2 Å². The van der Waals surface area contributed by atoms with E-state index in [2.05, 4.69) is 20.2 Å². The number of ether oxygens (including phenoxy) is 1. The van der Waals surface area contributed by atoms with Crippen molar-refractivity contribution in [1.29, 1.82) is 0 Å². The van der Waals surface area contributed by atoms with E-state index in [-0.39, 0.29) is 11.4 Å². The molecule has 1 saturated heterocycles. The fourth-order valence-corrected chi connectivity index (χ4v) is 3.08. The molecule has 1 aromatic heterocycles. The lowest BCUT2D eigenvalue weighted by Gasteiger charge is -2.28. The number of carbonyl (C=O) groups excluding carboxylic acids is 1. The van der Waals surface area contributed by atoms with Crippen LogP contribution in [0.25, 0.3) is 0 Å². The van der Waals surface area contributed by atoms with Crippen LogP contribution < -0.4 is 10.6 Å². The smallest absolute Gasteiger partial charge is 0.265 e. The monoisotopic (exact) mass is 284 g/mol. The third-order valence-electron chi connectivity index (χ3n) is 3.44. The van der Waals surface area contributed by atoms with E-state index in [1.165, 1.54) is 0 Å². The van der Waals surface area contributed by atoms with Crippen LogP contribution in [-0.4, -0.2) is 47.8 Å². The van der Waals surface area contributed by atoms with Gasteiger partial charge in [-0.05, 0) is 37.3 Å². The molecule has 7 heteroatoms. The Balaban J connectivity index is 1.95. The van der Waals surface area contributed by atoms with Crippen molar-refractivity contribution >= 4 is 17.4 Å². The van der Waals surface area contributed by atoms with E-state index in [0.717, 1.165) is 43.0 Å². The normalized spacial score (nSPS) is 22.6. The van der Waals surface area contributed by atoms with Gasteiger partial charge >= 0.3 is 0 Å². The van der Waals surface area contributed by atoms with Crippen LogP contribution in [0.1, 0.15) is 35.1 Å². The van der Waals surface area contributed by atoms with Crippen LogP contribution in [0.5, 0.6) is 0 Å². The van der Waals surface area contributed by atoms with E-state index in [9.17, 15) is 4.79 Å². The summed E-state index contributed by atoms with van der Waals surface area (Å²) in [5.74, 6) is -0.0870. The zero-order chi connectivity index (χ0) is 13.7. The molecule has 1 aliphatic heterocycles. The predicted molar refractivity (Wildman–Crippen MR) is 73.5 cm³/mol. The number of nitrogens with one attached hydrogen (secondary N) is 2. The van der Waals surface area contributed by atoms with Crippen molar-refractivity contribution in [3.63, 3.8) is 0 Å². The van der Waals surface area contributed by atoms with Crippen LogP contribution in [0.15, 0.2) is 0 Å². The second-order valence-electron chi connectivity index (χ2n) is 4.83. The first-order chi connectivity index (χ1) is 9.21. The summed E-state index contributed by atoms with van der Waals surface area (Å²) in [7, 11) is 1.69. The summed E-state index contributed by atoms with van der Waals surface area (Å²) in [6.07, 6.45) is 2.85. The Bertz CT molecular complexity index is 429. The standard InChI is InChI=1S/C12H20N4O2S/c1-3-9-10(19-16-15-9)11(17)13-7-12(8-18-2)5-4-6-14-12/h14H,3-8H2,1-2H3,(H,13,17). The summed E-state index contributed by atoms with van der Waals surface area (Å²) in [6, 6.07) is 0. The van der Waals surface area contributed by atoms with Crippen molar-refractivity contribution < 1.29 is 9.53 Å². The summed E-state index contributed by atoms with van der Waals surface area (Å²) in [6.45, 7) is 4.12. The van der Waals surface area contributed by atoms with Gasteiger partial charge in [0.2, 0.25) is 0 Å². The fraction of sp³-hybridized carbons (Fsp3) is 0.750. The first kappa shape index (κ1) is 14.4. The number of nitrogens with zero attached hydrogens (tertiary/aromatic N) is 2. The van der Waals surface area contributed by atoms with Crippen LogP contribution in [0.4, 0.5) is 0 Å². The van der Waals surface area contributed by atoms with Gasteiger partial charge in [0.15, 0.2) is 0 Å². The maximum atomic E-state index is 12.1. The highest BCUT2D eigenvalue weighted by atomic mass is 32.1. The first-order valence-corrected chi connectivity index (χ1v) is 7.31. The molecule has 1 fully saturated rings. The zero-order valence-electron chi connectivity index (χ0n) is 11.4. The maximum Gasteiger partial charge on any atom is 0.265 e. The number of hydrogen-bond donors (Lipinski definition) is 2. The lowest BCUT2D eigenvalue weighted by Crippen LogP contribution is -2.53. The van der Waals surface area contributed by atoms with Gasteiger partial charge in [0.05, 0.1) is 17.8 Å². The maximum absolute atomic E-state index is 12.1. The minimum atomic E-state index is -0.130. The Labute approximate surface area is 117 Å². The van der Waals surface area contributed by atoms with Gasteiger partial charge in [0.1, 0.15) is 4.88 Å². The minimum Gasteiger partial charge on any atom is -0.383 e. The molecule has 19 heavy (non-hydrogen) atoms. The van der Waals surface area contributed by atoms with Crippen LogP contribution in [-0.2, 0) is 11.2 Å². The van der Waals surface area contributed by atoms with Gasteiger partial charge in [0, 0.05) is 13.7 Å². The summed E-state index contributed by atoms with van der Waals surface area (Å²) in [5.41, 5.74) is 0.636. The summed E-state index contributed by atoms with van der Waals surface area (Å²) < 4.78 is 9.10. The summed E-state index contributed by atoms with van der Waals surface area (Å²) in [5, 5.41) is 10.4. The molecule has 2 N–H and O–H groups in total. The molecule has 0 spiro atoms. The summed E-state index contributed by atoms with van der Waals surface area (Å²) >= 11 is 1.15. The molecule has 2 rings (SSSR count). The number of aryl methyl sites for hydroxylation is 1. The third kappa shape index (κ3) is 3.29. The Morgan fingerprint density at radius 3 is 3.11 bits per heavy atom. The molecular weight excluding hydrogens is 264 g/mol. The van der Waals surface area contributed by atoms with E-state index in [4.69, 9.17) is 4.74 Å². The molecule has 1 aromatic rings. The van der Waals surface area contributed by atoms with Crippen molar-refractivity contribution in [3.05, 3.63) is 10.6 Å². The van der Waals surface area contributed by atoms with Crippen LogP contribution in [0.2, 0.25) is 0 Å².